The van der Waals surface area contributed by atoms with Crippen LogP contribution in [0.4, 0.5) is 0 Å². The van der Waals surface area contributed by atoms with E-state index in [0.717, 1.165) is 13.1 Å². The second kappa shape index (κ2) is 10.1. The van der Waals surface area contributed by atoms with Gasteiger partial charge in [0.1, 0.15) is 5.82 Å². The average Bonchev–Trinajstić information content (AvgIpc) is 2.75. The molecule has 1 aliphatic rings. The molecule has 2 aromatic rings. The number of hydrogen-bond acceptors (Lipinski definition) is 8. The fraction of sp³-hybridized carbons (Fsp3) is 0.591. The van der Waals surface area contributed by atoms with Crippen molar-refractivity contribution in [2.45, 2.75) is 27.3 Å². The number of ether oxygens (including phenoxy) is 4. The molecule has 0 bridgehead atoms. The third-order valence-corrected chi connectivity index (χ3v) is 4.84. The van der Waals surface area contributed by atoms with Crippen molar-refractivity contribution in [3.63, 3.8) is 0 Å². The van der Waals surface area contributed by atoms with Crippen molar-refractivity contribution < 1.29 is 23.7 Å². The van der Waals surface area contributed by atoms with Crippen LogP contribution in [-0.4, -0.2) is 74.4 Å². The van der Waals surface area contributed by atoms with Gasteiger partial charge in [0.25, 0.3) is 5.91 Å². The van der Waals surface area contributed by atoms with Crippen molar-refractivity contribution in [1.29, 1.82) is 0 Å². The topological polar surface area (TPSA) is 95.0 Å². The smallest absolute Gasteiger partial charge is 0.258 e. The second-order valence-electron chi connectivity index (χ2n) is 8.68. The Kier molecular flexibility index (Phi) is 7.50. The molecule has 2 heterocycles. The predicted molar refractivity (Wildman–Crippen MR) is 117 cm³/mol. The molecular formula is C22H32N4O5. The Labute approximate surface area is 183 Å². The van der Waals surface area contributed by atoms with Gasteiger partial charge >= 0.3 is 0 Å². The minimum Gasteiger partial charge on any atom is -0.493 e. The Morgan fingerprint density at radius 1 is 1.13 bits per heavy atom. The summed E-state index contributed by atoms with van der Waals surface area (Å²) in [6.07, 6.45) is 0. The summed E-state index contributed by atoms with van der Waals surface area (Å²) in [5.41, 5.74) is 0.660. The maximum absolute atomic E-state index is 12.3. The molecule has 1 saturated heterocycles. The van der Waals surface area contributed by atoms with E-state index in [1.165, 1.54) is 0 Å². The van der Waals surface area contributed by atoms with Gasteiger partial charge in [-0.3, -0.25) is 9.69 Å². The van der Waals surface area contributed by atoms with Gasteiger partial charge in [0.2, 0.25) is 5.88 Å². The summed E-state index contributed by atoms with van der Waals surface area (Å²) >= 11 is 0. The number of morpholine rings is 1. The highest BCUT2D eigenvalue weighted by Crippen LogP contribution is 2.35. The lowest BCUT2D eigenvalue weighted by atomic mass is 9.97. The summed E-state index contributed by atoms with van der Waals surface area (Å²) in [6, 6.07) is 3.57. The van der Waals surface area contributed by atoms with Crippen LogP contribution in [0.3, 0.4) is 0 Å². The molecule has 1 aliphatic heterocycles. The van der Waals surface area contributed by atoms with Crippen LogP contribution in [0.2, 0.25) is 0 Å². The fourth-order valence-electron chi connectivity index (χ4n) is 3.16. The number of nitrogens with zero attached hydrogens (tertiary/aromatic N) is 3. The number of rotatable bonds is 8. The van der Waals surface area contributed by atoms with E-state index in [9.17, 15) is 4.79 Å². The van der Waals surface area contributed by atoms with E-state index in [1.807, 2.05) is 0 Å². The lowest BCUT2D eigenvalue weighted by Gasteiger charge is -2.26. The Balaban J connectivity index is 1.87. The van der Waals surface area contributed by atoms with Crippen LogP contribution >= 0.6 is 0 Å². The summed E-state index contributed by atoms with van der Waals surface area (Å²) in [4.78, 5) is 23.8. The first-order chi connectivity index (χ1) is 14.8. The first-order valence-corrected chi connectivity index (χ1v) is 10.4. The monoisotopic (exact) mass is 432 g/mol. The second-order valence-corrected chi connectivity index (χ2v) is 8.68. The molecule has 0 saturated carbocycles. The van der Waals surface area contributed by atoms with E-state index in [4.69, 9.17) is 23.9 Å². The van der Waals surface area contributed by atoms with Crippen LogP contribution in [0.15, 0.2) is 12.1 Å². The highest BCUT2D eigenvalue weighted by Gasteiger charge is 2.19. The van der Waals surface area contributed by atoms with Gasteiger partial charge in [-0.05, 0) is 11.5 Å². The standard InChI is InChI=1S/C22H32N4O5/c1-22(2,3)14-23-20(27)13-31-21-15-10-17(28-4)18(29-5)11-16(15)24-19(25-21)12-26-6-8-30-9-7-26/h10-11H,6-9,12-14H2,1-5H3,(H,23,27). The van der Waals surface area contributed by atoms with Crippen LogP contribution in [-0.2, 0) is 16.1 Å². The van der Waals surface area contributed by atoms with Gasteiger partial charge in [-0.1, -0.05) is 20.8 Å². The lowest BCUT2D eigenvalue weighted by Crippen LogP contribution is -2.36. The summed E-state index contributed by atoms with van der Waals surface area (Å²) in [6.45, 7) is 10.2. The Morgan fingerprint density at radius 3 is 2.45 bits per heavy atom. The molecule has 1 N–H and O–H groups in total. The number of aromatic nitrogens is 2. The molecule has 170 valence electrons. The number of benzene rings is 1. The summed E-state index contributed by atoms with van der Waals surface area (Å²) < 4.78 is 22.1. The van der Waals surface area contributed by atoms with Gasteiger partial charge in [-0.15, -0.1) is 0 Å². The van der Waals surface area contributed by atoms with Gasteiger partial charge in [0, 0.05) is 25.7 Å². The quantitative estimate of drug-likeness (QED) is 0.677. The summed E-state index contributed by atoms with van der Waals surface area (Å²) in [5.74, 6) is 1.88. The molecule has 31 heavy (non-hydrogen) atoms. The average molecular weight is 433 g/mol. The molecule has 0 atom stereocenters. The van der Waals surface area contributed by atoms with E-state index >= 15 is 0 Å². The van der Waals surface area contributed by atoms with Crippen molar-refractivity contribution >= 4 is 16.8 Å². The van der Waals surface area contributed by atoms with Crippen molar-refractivity contribution in [1.82, 2.24) is 20.2 Å². The van der Waals surface area contributed by atoms with E-state index in [2.05, 4.69) is 36.0 Å². The first-order valence-electron chi connectivity index (χ1n) is 10.4. The van der Waals surface area contributed by atoms with Crippen LogP contribution < -0.4 is 19.5 Å². The number of hydrogen-bond donors (Lipinski definition) is 1. The first kappa shape index (κ1) is 23.0. The zero-order valence-corrected chi connectivity index (χ0v) is 19.0. The molecule has 0 unspecified atom stereocenters. The van der Waals surface area contributed by atoms with Crippen molar-refractivity contribution in [3.05, 3.63) is 18.0 Å². The maximum Gasteiger partial charge on any atom is 0.258 e. The molecule has 9 nitrogen and oxygen atoms in total. The fourth-order valence-corrected chi connectivity index (χ4v) is 3.16. The minimum absolute atomic E-state index is 0.00742. The van der Waals surface area contributed by atoms with Gasteiger partial charge in [0.05, 0.1) is 44.9 Å². The Hall–Kier alpha value is -2.65. The molecule has 1 fully saturated rings. The Morgan fingerprint density at radius 2 is 1.81 bits per heavy atom. The third kappa shape index (κ3) is 6.41. The lowest BCUT2D eigenvalue weighted by molar-refractivity contribution is -0.123. The molecule has 3 rings (SSSR count). The van der Waals surface area contributed by atoms with Gasteiger partial charge < -0.3 is 24.3 Å². The number of carbonyl (C=O) groups excluding carboxylic acids is 1. The van der Waals surface area contributed by atoms with Crippen LogP contribution in [0.25, 0.3) is 10.9 Å². The molecular weight excluding hydrogens is 400 g/mol. The summed E-state index contributed by atoms with van der Waals surface area (Å²) in [5, 5.41) is 3.55. The predicted octanol–water partition coefficient (Wildman–Crippen LogP) is 2.02. The van der Waals surface area contributed by atoms with Crippen molar-refractivity contribution in [2.24, 2.45) is 5.41 Å². The molecule has 1 amide bonds. The minimum atomic E-state index is -0.197. The molecule has 1 aromatic heterocycles. The SMILES string of the molecule is COc1cc2nc(CN3CCOCC3)nc(OCC(=O)NCC(C)(C)C)c2cc1OC. The van der Waals surface area contributed by atoms with Crippen molar-refractivity contribution in [2.75, 3.05) is 53.7 Å². The van der Waals surface area contributed by atoms with E-state index in [1.54, 1.807) is 26.4 Å². The number of methoxy groups -OCH3 is 2. The van der Waals surface area contributed by atoms with Crippen LogP contribution in [0.1, 0.15) is 26.6 Å². The van der Waals surface area contributed by atoms with Gasteiger partial charge in [-0.25, -0.2) is 4.98 Å². The summed E-state index contributed by atoms with van der Waals surface area (Å²) in [7, 11) is 3.15. The highest BCUT2D eigenvalue weighted by atomic mass is 16.5. The zero-order chi connectivity index (χ0) is 22.4. The van der Waals surface area contributed by atoms with E-state index < -0.39 is 0 Å². The zero-order valence-electron chi connectivity index (χ0n) is 19.0. The van der Waals surface area contributed by atoms with E-state index in [0.29, 0.717) is 60.4 Å². The van der Waals surface area contributed by atoms with E-state index in [-0.39, 0.29) is 17.9 Å². The van der Waals surface area contributed by atoms with Crippen LogP contribution in [0.5, 0.6) is 17.4 Å². The molecule has 0 radical (unpaired) electrons. The number of fused-ring (bicyclic) bond motifs is 1. The molecule has 1 aromatic carbocycles. The largest absolute Gasteiger partial charge is 0.493 e. The third-order valence-electron chi connectivity index (χ3n) is 4.84. The molecule has 0 aliphatic carbocycles. The molecule has 9 heteroatoms. The Bertz CT molecular complexity index is 907. The normalized spacial score (nSPS) is 15.0. The van der Waals surface area contributed by atoms with Crippen LogP contribution in [0, 0.1) is 5.41 Å². The van der Waals surface area contributed by atoms with Crippen molar-refractivity contribution in [3.8, 4) is 17.4 Å². The van der Waals surface area contributed by atoms with Gasteiger partial charge in [-0.2, -0.15) is 4.98 Å². The molecule has 0 spiro atoms. The maximum atomic E-state index is 12.3. The van der Waals surface area contributed by atoms with Gasteiger partial charge in [0.15, 0.2) is 18.1 Å². The highest BCUT2D eigenvalue weighted by molar-refractivity contribution is 5.87. The number of amides is 1. The number of nitrogens with one attached hydrogen (secondary N) is 1. The number of carbonyl (C=O) groups is 1.